The normalized spacial score (nSPS) is 12.2. The zero-order valence-corrected chi connectivity index (χ0v) is 18.5. The summed E-state index contributed by atoms with van der Waals surface area (Å²) in [5.74, 6) is 0.459. The smallest absolute Gasteiger partial charge is 0.247 e. The molecule has 7 heteroatoms. The number of anilines is 1. The van der Waals surface area contributed by atoms with Gasteiger partial charge in [0.2, 0.25) is 11.8 Å². The molecule has 0 aliphatic heterocycles. The van der Waals surface area contributed by atoms with Gasteiger partial charge in [-0.25, -0.2) is 4.98 Å². The van der Waals surface area contributed by atoms with Crippen LogP contribution in [0.5, 0.6) is 5.75 Å². The molecule has 3 aromatic rings. The molecule has 0 fully saturated rings. The summed E-state index contributed by atoms with van der Waals surface area (Å²) in [6.07, 6.45) is 4.25. The van der Waals surface area contributed by atoms with E-state index in [-0.39, 0.29) is 23.7 Å². The number of pyridine rings is 1. The molecular weight excluding hydrogens is 392 g/mol. The summed E-state index contributed by atoms with van der Waals surface area (Å²) in [4.78, 5) is 29.4. The van der Waals surface area contributed by atoms with Gasteiger partial charge in [0.25, 0.3) is 0 Å². The lowest BCUT2D eigenvalue weighted by Crippen LogP contribution is -2.47. The molecule has 1 aromatic carbocycles. The summed E-state index contributed by atoms with van der Waals surface area (Å²) in [5, 5.41) is 5.74. The standard InChI is InChI=1S/C24H30N4O3/c1-16(2)12-22(29)27-23(17(3)4)24(30)26-18-8-7-9-20(13-18)31-15-19-14-28-11-6-5-10-21(28)25-19/h5-11,13-14,16-17,23H,12,15H2,1-4H3,(H,26,30)(H,27,29). The number of benzene rings is 1. The Morgan fingerprint density at radius 3 is 2.61 bits per heavy atom. The van der Waals surface area contributed by atoms with Crippen LogP contribution in [0.25, 0.3) is 5.65 Å². The summed E-state index contributed by atoms with van der Waals surface area (Å²) in [6, 6.07) is 12.4. The second-order valence-electron chi connectivity index (χ2n) is 8.39. The van der Waals surface area contributed by atoms with Crippen LogP contribution in [0.15, 0.2) is 54.9 Å². The van der Waals surface area contributed by atoms with Crippen molar-refractivity contribution >= 4 is 23.1 Å². The van der Waals surface area contributed by atoms with Gasteiger partial charge in [-0.2, -0.15) is 0 Å². The number of ether oxygens (including phenoxy) is 1. The Hall–Kier alpha value is -3.35. The van der Waals surface area contributed by atoms with Crippen LogP contribution in [-0.4, -0.2) is 27.2 Å². The minimum absolute atomic E-state index is 0.0365. The molecule has 31 heavy (non-hydrogen) atoms. The molecule has 2 N–H and O–H groups in total. The lowest BCUT2D eigenvalue weighted by atomic mass is 10.0. The fourth-order valence-corrected chi connectivity index (χ4v) is 3.24. The Bertz CT molecular complexity index is 1010. The van der Waals surface area contributed by atoms with E-state index in [1.165, 1.54) is 0 Å². The second-order valence-corrected chi connectivity index (χ2v) is 8.39. The first-order valence-electron chi connectivity index (χ1n) is 10.6. The van der Waals surface area contributed by atoms with Crippen LogP contribution in [0, 0.1) is 11.8 Å². The molecule has 2 heterocycles. The number of hydrogen-bond donors (Lipinski definition) is 2. The number of hydrogen-bond acceptors (Lipinski definition) is 4. The van der Waals surface area contributed by atoms with Crippen molar-refractivity contribution in [1.82, 2.24) is 14.7 Å². The Labute approximate surface area is 182 Å². The SMILES string of the molecule is CC(C)CC(=O)NC(C(=O)Nc1cccc(OCc2cn3ccccc3n2)c1)C(C)C. The van der Waals surface area contributed by atoms with Crippen molar-refractivity contribution < 1.29 is 14.3 Å². The molecule has 0 aliphatic carbocycles. The van der Waals surface area contributed by atoms with Crippen LogP contribution < -0.4 is 15.4 Å². The van der Waals surface area contributed by atoms with E-state index in [1.54, 1.807) is 12.1 Å². The number of imidazole rings is 1. The van der Waals surface area contributed by atoms with Crippen molar-refractivity contribution in [2.75, 3.05) is 5.32 Å². The van der Waals surface area contributed by atoms with Crippen LogP contribution in [0.2, 0.25) is 0 Å². The number of rotatable bonds is 9. The molecule has 0 aliphatic rings. The van der Waals surface area contributed by atoms with Crippen molar-refractivity contribution in [2.24, 2.45) is 11.8 Å². The van der Waals surface area contributed by atoms with E-state index in [9.17, 15) is 9.59 Å². The number of fused-ring (bicyclic) bond motifs is 1. The van der Waals surface area contributed by atoms with E-state index in [0.717, 1.165) is 11.3 Å². The molecule has 0 saturated carbocycles. The first-order chi connectivity index (χ1) is 14.8. The number of amides is 2. The fourth-order valence-electron chi connectivity index (χ4n) is 3.24. The lowest BCUT2D eigenvalue weighted by molar-refractivity contribution is -0.127. The summed E-state index contributed by atoms with van der Waals surface area (Å²) in [6.45, 7) is 8.09. The third-order valence-electron chi connectivity index (χ3n) is 4.76. The predicted molar refractivity (Wildman–Crippen MR) is 121 cm³/mol. The van der Waals surface area contributed by atoms with Crippen LogP contribution in [0.3, 0.4) is 0 Å². The molecule has 1 atom stereocenters. The van der Waals surface area contributed by atoms with Crippen LogP contribution in [0.4, 0.5) is 5.69 Å². The Morgan fingerprint density at radius 2 is 1.90 bits per heavy atom. The number of aromatic nitrogens is 2. The maximum Gasteiger partial charge on any atom is 0.247 e. The highest BCUT2D eigenvalue weighted by atomic mass is 16.5. The number of carbonyl (C=O) groups excluding carboxylic acids is 2. The zero-order valence-electron chi connectivity index (χ0n) is 18.5. The van der Waals surface area contributed by atoms with Crippen LogP contribution in [0.1, 0.15) is 39.8 Å². The number of nitrogens with zero attached hydrogens (tertiary/aromatic N) is 2. The Morgan fingerprint density at radius 1 is 1.10 bits per heavy atom. The summed E-state index contributed by atoms with van der Waals surface area (Å²) in [7, 11) is 0. The van der Waals surface area contributed by atoms with Crippen molar-refractivity contribution in [1.29, 1.82) is 0 Å². The van der Waals surface area contributed by atoms with Gasteiger partial charge < -0.3 is 19.8 Å². The number of nitrogens with one attached hydrogen (secondary N) is 2. The monoisotopic (exact) mass is 422 g/mol. The molecule has 2 amide bonds. The summed E-state index contributed by atoms with van der Waals surface area (Å²) >= 11 is 0. The second kappa shape index (κ2) is 10.1. The van der Waals surface area contributed by atoms with Crippen molar-refractivity contribution in [3.05, 3.63) is 60.6 Å². The maximum absolute atomic E-state index is 12.8. The van der Waals surface area contributed by atoms with Crippen LogP contribution >= 0.6 is 0 Å². The van der Waals surface area contributed by atoms with Crippen LogP contribution in [-0.2, 0) is 16.2 Å². The Kier molecular flexibility index (Phi) is 7.28. The molecule has 7 nitrogen and oxygen atoms in total. The molecule has 3 rings (SSSR count). The largest absolute Gasteiger partial charge is 0.487 e. The zero-order chi connectivity index (χ0) is 22.4. The third-order valence-corrected chi connectivity index (χ3v) is 4.76. The molecule has 0 bridgehead atoms. The van der Waals surface area contributed by atoms with Gasteiger partial charge in [0.05, 0.1) is 5.69 Å². The van der Waals surface area contributed by atoms with Crippen molar-refractivity contribution in [3.63, 3.8) is 0 Å². The fraction of sp³-hybridized carbons (Fsp3) is 0.375. The molecule has 2 aromatic heterocycles. The highest BCUT2D eigenvalue weighted by Gasteiger charge is 2.24. The van der Waals surface area contributed by atoms with Crippen molar-refractivity contribution in [3.8, 4) is 5.75 Å². The van der Waals surface area contributed by atoms with Gasteiger partial charge in [-0.1, -0.05) is 39.8 Å². The summed E-state index contributed by atoms with van der Waals surface area (Å²) < 4.78 is 7.80. The third kappa shape index (κ3) is 6.31. The predicted octanol–water partition coefficient (Wildman–Crippen LogP) is 4.04. The molecule has 164 valence electrons. The topological polar surface area (TPSA) is 84.7 Å². The van der Waals surface area contributed by atoms with E-state index >= 15 is 0 Å². The van der Waals surface area contributed by atoms with Gasteiger partial charge in [0, 0.05) is 30.6 Å². The minimum atomic E-state index is -0.603. The van der Waals surface area contributed by atoms with Crippen molar-refractivity contribution in [2.45, 2.75) is 46.8 Å². The van der Waals surface area contributed by atoms with Gasteiger partial charge in [-0.3, -0.25) is 9.59 Å². The lowest BCUT2D eigenvalue weighted by Gasteiger charge is -2.22. The quantitative estimate of drug-likeness (QED) is 0.545. The Balaban J connectivity index is 1.61. The molecule has 0 spiro atoms. The number of carbonyl (C=O) groups is 2. The highest BCUT2D eigenvalue weighted by Crippen LogP contribution is 2.19. The highest BCUT2D eigenvalue weighted by molar-refractivity contribution is 5.97. The molecule has 0 radical (unpaired) electrons. The van der Waals surface area contributed by atoms with Gasteiger partial charge in [-0.15, -0.1) is 0 Å². The summed E-state index contributed by atoms with van der Waals surface area (Å²) in [5.41, 5.74) is 2.29. The van der Waals surface area contributed by atoms with Gasteiger partial charge in [-0.05, 0) is 36.1 Å². The van der Waals surface area contributed by atoms with E-state index < -0.39 is 6.04 Å². The molecular formula is C24H30N4O3. The molecule has 1 unspecified atom stereocenters. The van der Waals surface area contributed by atoms with E-state index in [4.69, 9.17) is 4.74 Å². The average molecular weight is 423 g/mol. The maximum atomic E-state index is 12.8. The van der Waals surface area contributed by atoms with E-state index in [0.29, 0.717) is 24.5 Å². The minimum Gasteiger partial charge on any atom is -0.487 e. The van der Waals surface area contributed by atoms with E-state index in [1.807, 2.05) is 74.8 Å². The van der Waals surface area contributed by atoms with Gasteiger partial charge >= 0.3 is 0 Å². The van der Waals surface area contributed by atoms with Gasteiger partial charge in [0.1, 0.15) is 24.0 Å². The molecule has 0 saturated heterocycles. The van der Waals surface area contributed by atoms with E-state index in [2.05, 4.69) is 15.6 Å². The first kappa shape index (κ1) is 22.3. The van der Waals surface area contributed by atoms with Gasteiger partial charge in [0.15, 0.2) is 0 Å². The first-order valence-corrected chi connectivity index (χ1v) is 10.6. The average Bonchev–Trinajstić information content (AvgIpc) is 3.13.